The van der Waals surface area contributed by atoms with Crippen LogP contribution in [0.2, 0.25) is 0 Å². The normalized spacial score (nSPS) is 12.1. The van der Waals surface area contributed by atoms with Crippen LogP contribution in [0.25, 0.3) is 0 Å². The first-order chi connectivity index (χ1) is 9.29. The van der Waals surface area contributed by atoms with Crippen LogP contribution in [0.1, 0.15) is 17.7 Å². The van der Waals surface area contributed by atoms with Gasteiger partial charge in [-0.15, -0.1) is 0 Å². The fourth-order valence-corrected chi connectivity index (χ4v) is 2.14. The molecule has 0 saturated carbocycles. The first-order valence-electron chi connectivity index (χ1n) is 6.57. The lowest BCUT2D eigenvalue weighted by Crippen LogP contribution is -2.23. The van der Waals surface area contributed by atoms with Gasteiger partial charge in [0.2, 0.25) is 0 Å². The van der Waals surface area contributed by atoms with Crippen LogP contribution in [0.3, 0.4) is 0 Å². The molecule has 19 heavy (non-hydrogen) atoms. The van der Waals surface area contributed by atoms with Gasteiger partial charge in [0.1, 0.15) is 5.75 Å². The van der Waals surface area contributed by atoms with Gasteiger partial charge in [0.05, 0.1) is 7.11 Å². The molecule has 0 fully saturated rings. The number of ether oxygens (including phenoxy) is 1. The zero-order valence-electron chi connectivity index (χ0n) is 11.3. The molecule has 2 N–H and O–H groups in total. The second-order valence-corrected chi connectivity index (χ2v) is 4.64. The van der Waals surface area contributed by atoms with Gasteiger partial charge in [0.15, 0.2) is 0 Å². The molecule has 0 bridgehead atoms. The van der Waals surface area contributed by atoms with Gasteiger partial charge in [-0.3, -0.25) is 4.98 Å². The number of nitrogens with zero attached hydrogens (tertiary/aromatic N) is 1. The molecular formula is C16H20N2O. The number of nitrogens with two attached hydrogens (primary N) is 1. The molecule has 1 aromatic heterocycles. The molecule has 0 saturated heterocycles. The summed E-state index contributed by atoms with van der Waals surface area (Å²) in [5, 5.41) is 0. The van der Waals surface area contributed by atoms with Gasteiger partial charge in [-0.25, -0.2) is 0 Å². The molecule has 0 aliphatic heterocycles. The maximum atomic E-state index is 6.19. The Labute approximate surface area is 114 Å². The van der Waals surface area contributed by atoms with Gasteiger partial charge >= 0.3 is 0 Å². The predicted molar refractivity (Wildman–Crippen MR) is 77.2 cm³/mol. The Hall–Kier alpha value is -1.87. The van der Waals surface area contributed by atoms with Crippen molar-refractivity contribution in [2.24, 2.45) is 5.73 Å². The molecule has 2 aromatic rings. The summed E-state index contributed by atoms with van der Waals surface area (Å²) in [5.41, 5.74) is 8.45. The number of hydrogen-bond acceptors (Lipinski definition) is 3. The number of benzene rings is 1. The Morgan fingerprint density at radius 1 is 1.16 bits per heavy atom. The summed E-state index contributed by atoms with van der Waals surface area (Å²) >= 11 is 0. The Balaban J connectivity index is 1.89. The van der Waals surface area contributed by atoms with E-state index in [1.54, 1.807) is 7.11 Å². The van der Waals surface area contributed by atoms with Gasteiger partial charge in [-0.2, -0.15) is 0 Å². The van der Waals surface area contributed by atoms with Crippen LogP contribution in [-0.4, -0.2) is 18.1 Å². The molecule has 0 amide bonds. The summed E-state index contributed by atoms with van der Waals surface area (Å²) in [6.07, 6.45) is 4.49. The zero-order chi connectivity index (χ0) is 13.5. The van der Waals surface area contributed by atoms with Gasteiger partial charge < -0.3 is 10.5 Å². The molecule has 1 unspecified atom stereocenters. The largest absolute Gasteiger partial charge is 0.496 e. The predicted octanol–water partition coefficient (Wildman–Crippen LogP) is 2.59. The Kier molecular flexibility index (Phi) is 4.93. The summed E-state index contributed by atoms with van der Waals surface area (Å²) in [5.74, 6) is 0.913. The third-order valence-corrected chi connectivity index (χ3v) is 3.17. The summed E-state index contributed by atoms with van der Waals surface area (Å²) in [6.45, 7) is 0. The Morgan fingerprint density at radius 3 is 2.68 bits per heavy atom. The fraction of sp³-hybridized carbons (Fsp3) is 0.312. The maximum absolute atomic E-state index is 6.19. The number of aryl methyl sites for hydroxylation is 1. The van der Waals surface area contributed by atoms with Crippen molar-refractivity contribution < 1.29 is 4.74 Å². The topological polar surface area (TPSA) is 48.1 Å². The van der Waals surface area contributed by atoms with Crippen LogP contribution >= 0.6 is 0 Å². The highest BCUT2D eigenvalue weighted by Gasteiger charge is 2.08. The molecule has 1 aromatic carbocycles. The second-order valence-electron chi connectivity index (χ2n) is 4.64. The molecule has 3 heteroatoms. The third-order valence-electron chi connectivity index (χ3n) is 3.17. The molecule has 0 radical (unpaired) electrons. The van der Waals surface area contributed by atoms with Gasteiger partial charge in [-0.1, -0.05) is 24.3 Å². The lowest BCUT2D eigenvalue weighted by Gasteiger charge is -2.14. The molecular weight excluding hydrogens is 236 g/mol. The molecule has 0 aliphatic carbocycles. The van der Waals surface area contributed by atoms with Crippen molar-refractivity contribution in [3.8, 4) is 5.75 Å². The van der Waals surface area contributed by atoms with Crippen molar-refractivity contribution >= 4 is 0 Å². The Morgan fingerprint density at radius 2 is 1.95 bits per heavy atom. The van der Waals surface area contributed by atoms with Crippen molar-refractivity contribution in [3.05, 3.63) is 59.9 Å². The van der Waals surface area contributed by atoms with E-state index >= 15 is 0 Å². The van der Waals surface area contributed by atoms with Crippen LogP contribution < -0.4 is 10.5 Å². The summed E-state index contributed by atoms with van der Waals surface area (Å²) in [7, 11) is 1.69. The van der Waals surface area contributed by atoms with E-state index in [9.17, 15) is 0 Å². The highest BCUT2D eigenvalue weighted by molar-refractivity contribution is 5.33. The number of methoxy groups -OCH3 is 1. The van der Waals surface area contributed by atoms with E-state index in [-0.39, 0.29) is 6.04 Å². The minimum absolute atomic E-state index is 0.123. The average Bonchev–Trinajstić information content (AvgIpc) is 2.47. The van der Waals surface area contributed by atoms with Crippen LogP contribution in [0.4, 0.5) is 0 Å². The number of para-hydroxylation sites is 1. The van der Waals surface area contributed by atoms with E-state index in [2.05, 4.69) is 11.1 Å². The maximum Gasteiger partial charge on any atom is 0.122 e. The van der Waals surface area contributed by atoms with E-state index < -0.39 is 0 Å². The molecule has 2 rings (SSSR count). The lowest BCUT2D eigenvalue weighted by atomic mass is 10.0. The molecule has 100 valence electrons. The van der Waals surface area contributed by atoms with Crippen molar-refractivity contribution in [3.63, 3.8) is 0 Å². The van der Waals surface area contributed by atoms with Crippen LogP contribution in [0, 0.1) is 0 Å². The molecule has 3 nitrogen and oxygen atoms in total. The van der Waals surface area contributed by atoms with Gasteiger partial charge in [0, 0.05) is 17.9 Å². The smallest absolute Gasteiger partial charge is 0.122 e. The zero-order valence-corrected chi connectivity index (χ0v) is 11.3. The quantitative estimate of drug-likeness (QED) is 0.864. The van der Waals surface area contributed by atoms with Crippen molar-refractivity contribution in [1.29, 1.82) is 0 Å². The van der Waals surface area contributed by atoms with Crippen molar-refractivity contribution in [1.82, 2.24) is 4.98 Å². The van der Waals surface area contributed by atoms with Crippen LogP contribution in [0.5, 0.6) is 5.75 Å². The summed E-state index contributed by atoms with van der Waals surface area (Å²) in [6, 6.07) is 14.1. The molecule has 1 heterocycles. The monoisotopic (exact) mass is 256 g/mol. The number of pyridine rings is 1. The first kappa shape index (κ1) is 13.6. The number of aromatic nitrogens is 1. The van der Waals surface area contributed by atoms with Gasteiger partial charge in [0.25, 0.3) is 0 Å². The molecule has 0 aliphatic rings. The molecule has 0 spiro atoms. The summed E-state index contributed by atoms with van der Waals surface area (Å²) in [4.78, 5) is 4.31. The number of rotatable bonds is 6. The minimum Gasteiger partial charge on any atom is -0.496 e. The third kappa shape index (κ3) is 4.07. The van der Waals surface area contributed by atoms with Crippen molar-refractivity contribution in [2.45, 2.75) is 25.3 Å². The van der Waals surface area contributed by atoms with E-state index in [1.165, 1.54) is 5.56 Å². The fourth-order valence-electron chi connectivity index (χ4n) is 2.14. The van der Waals surface area contributed by atoms with Crippen LogP contribution in [0.15, 0.2) is 48.7 Å². The lowest BCUT2D eigenvalue weighted by molar-refractivity contribution is 0.407. The van der Waals surface area contributed by atoms with E-state index in [0.29, 0.717) is 0 Å². The highest BCUT2D eigenvalue weighted by Crippen LogP contribution is 2.19. The average molecular weight is 256 g/mol. The van der Waals surface area contributed by atoms with E-state index in [4.69, 9.17) is 10.5 Å². The SMILES string of the molecule is COc1ccccc1CC(N)CCc1ccccn1. The first-order valence-corrected chi connectivity index (χ1v) is 6.57. The van der Waals surface area contributed by atoms with E-state index in [0.717, 1.165) is 30.7 Å². The highest BCUT2D eigenvalue weighted by atomic mass is 16.5. The van der Waals surface area contributed by atoms with Gasteiger partial charge in [-0.05, 0) is 43.0 Å². The number of hydrogen-bond donors (Lipinski definition) is 1. The van der Waals surface area contributed by atoms with Crippen LogP contribution in [-0.2, 0) is 12.8 Å². The second kappa shape index (κ2) is 6.90. The van der Waals surface area contributed by atoms with E-state index in [1.807, 2.05) is 42.6 Å². The minimum atomic E-state index is 0.123. The molecule has 1 atom stereocenters. The standard InChI is InChI=1S/C16H20N2O/c1-19-16-8-3-2-6-13(16)12-14(17)9-10-15-7-4-5-11-18-15/h2-8,11,14H,9-10,12,17H2,1H3. The Bertz CT molecular complexity index is 499. The summed E-state index contributed by atoms with van der Waals surface area (Å²) < 4.78 is 5.34. The van der Waals surface area contributed by atoms with Crippen molar-refractivity contribution in [2.75, 3.05) is 7.11 Å².